The summed E-state index contributed by atoms with van der Waals surface area (Å²) in [4.78, 5) is 103. The van der Waals surface area contributed by atoms with Gasteiger partial charge in [0.1, 0.15) is 54.3 Å². The van der Waals surface area contributed by atoms with Crippen molar-refractivity contribution in [3.8, 4) is 17.2 Å². The summed E-state index contributed by atoms with van der Waals surface area (Å²) in [6, 6.07) is 0.0505. The third-order valence-corrected chi connectivity index (χ3v) is 15.6. The number of β-amino-alcohol motifs (C(OH)–C–C–N with tert-alkyl or cyclic N) is 1. The van der Waals surface area contributed by atoms with Gasteiger partial charge in [0.05, 0.1) is 43.2 Å². The number of phenolic OH excluding ortho intramolecular Hbond substituents is 1. The molecule has 16 N–H and O–H groups in total. The largest absolute Gasteiger partial charge is 0.504 e. The van der Waals surface area contributed by atoms with Crippen LogP contribution in [-0.2, 0) is 42.2 Å². The van der Waals surface area contributed by atoms with Gasteiger partial charge in [-0.15, -0.1) is 0 Å². The van der Waals surface area contributed by atoms with Crippen molar-refractivity contribution in [1.82, 2.24) is 41.0 Å². The second kappa shape index (κ2) is 30.8. The number of aliphatic hydroxyl groups excluding tert-OH is 6. The van der Waals surface area contributed by atoms with Crippen LogP contribution in [0.2, 0.25) is 0 Å². The van der Waals surface area contributed by atoms with E-state index in [4.69, 9.17) is 20.9 Å². The number of aryl methyl sites for hydroxylation is 1. The summed E-state index contributed by atoms with van der Waals surface area (Å²) in [5.41, 5.74) is 12.4. The Kier molecular flexibility index (Phi) is 24.3. The molecule has 3 aliphatic heterocycles. The van der Waals surface area contributed by atoms with Crippen LogP contribution in [0.15, 0.2) is 42.5 Å². The second-order valence-corrected chi connectivity index (χ2v) is 22.1. The van der Waals surface area contributed by atoms with Crippen LogP contribution < -0.4 is 47.5 Å². The van der Waals surface area contributed by atoms with E-state index in [0.29, 0.717) is 23.3 Å². The van der Waals surface area contributed by atoms with Gasteiger partial charge in [0.2, 0.25) is 35.4 Å². The maximum Gasteiger partial charge on any atom is 0.268 e. The first-order valence-corrected chi connectivity index (χ1v) is 28.8. The van der Waals surface area contributed by atoms with Crippen LogP contribution in [0.25, 0.3) is 10.9 Å². The Morgan fingerprint density at radius 1 is 0.735 bits per heavy atom. The van der Waals surface area contributed by atoms with Crippen molar-refractivity contribution in [3.05, 3.63) is 53.7 Å². The Hall–Kier alpha value is -6.65. The average Bonchev–Trinajstić information content (AvgIpc) is 4.19. The molecule has 3 aliphatic rings. The SMILES string of the molecule is CCCCCCCCCCOc1ccc2c(c1)cc(C(=O)N[C@H]1C[C@@H](O)CNC(=O)[C@@H]3[C@@H](O)[C@@H](C)CN3C(=O)[C@H]([C@H](O)CCN)NC(=O)[C@H]([C@H](O)Cc3ccc(O)c(OCCN)c3)NC(=O)[C@@H]3C[C@@H](O)CN3C(=O)[C@H]([C@@H](C)O)NC1=O)n2C. The number of rotatable bonds is 22. The number of aliphatic hydroxyl groups is 6. The van der Waals surface area contributed by atoms with Crippen molar-refractivity contribution in [3.63, 3.8) is 0 Å². The molecule has 2 aromatic carbocycles. The number of aromatic nitrogens is 1. The molecule has 3 aromatic rings. The Labute approximate surface area is 482 Å². The van der Waals surface area contributed by atoms with E-state index in [1.54, 1.807) is 42.8 Å². The third-order valence-electron chi connectivity index (χ3n) is 15.6. The summed E-state index contributed by atoms with van der Waals surface area (Å²) < 4.78 is 13.1. The summed E-state index contributed by atoms with van der Waals surface area (Å²) in [6.45, 7) is 3.83. The van der Waals surface area contributed by atoms with Crippen molar-refractivity contribution in [1.29, 1.82) is 0 Å². The van der Waals surface area contributed by atoms with Gasteiger partial charge in [-0.1, -0.05) is 64.9 Å². The summed E-state index contributed by atoms with van der Waals surface area (Å²) >= 11 is 0. The fourth-order valence-corrected chi connectivity index (χ4v) is 10.9. The van der Waals surface area contributed by atoms with Crippen LogP contribution in [-0.4, -0.2) is 210 Å². The van der Waals surface area contributed by atoms with E-state index < -0.39 is 152 Å². The van der Waals surface area contributed by atoms with E-state index in [9.17, 15) is 69.3 Å². The average molecular weight is 1170 g/mol. The zero-order valence-electron chi connectivity index (χ0n) is 47.8. The maximum absolute atomic E-state index is 14.7. The number of benzene rings is 2. The van der Waals surface area contributed by atoms with Gasteiger partial charge in [0.15, 0.2) is 11.5 Å². The summed E-state index contributed by atoms with van der Waals surface area (Å²) in [5.74, 6) is -7.95. The number of carbonyl (C=O) groups excluding carboxylic acids is 7. The molecule has 13 atom stereocenters. The number of hydrogen-bond acceptors (Lipinski definition) is 18. The molecule has 3 saturated heterocycles. The lowest BCUT2D eigenvalue weighted by Gasteiger charge is -2.34. The first-order valence-electron chi connectivity index (χ1n) is 28.8. The van der Waals surface area contributed by atoms with Crippen molar-refractivity contribution in [2.75, 3.05) is 45.9 Å². The number of nitrogens with one attached hydrogen (secondary N) is 5. The van der Waals surface area contributed by atoms with Crippen molar-refractivity contribution in [2.24, 2.45) is 24.4 Å². The molecule has 26 nitrogen and oxygen atoms in total. The van der Waals surface area contributed by atoms with Crippen molar-refractivity contribution < 1.29 is 78.8 Å². The van der Waals surface area contributed by atoms with E-state index in [2.05, 4.69) is 33.5 Å². The predicted octanol–water partition coefficient (Wildman–Crippen LogP) is -1.96. The van der Waals surface area contributed by atoms with Gasteiger partial charge >= 0.3 is 0 Å². The molecule has 0 bridgehead atoms. The lowest BCUT2D eigenvalue weighted by atomic mass is 9.98. The zero-order chi connectivity index (χ0) is 60.7. The number of unbranched alkanes of at least 4 members (excludes halogenated alkanes) is 7. The molecule has 83 heavy (non-hydrogen) atoms. The highest BCUT2D eigenvalue weighted by Crippen LogP contribution is 2.30. The molecular formula is C57H86N10O16. The van der Waals surface area contributed by atoms with Gasteiger partial charge in [0.25, 0.3) is 5.91 Å². The Bertz CT molecular complexity index is 2710. The number of phenols is 1. The van der Waals surface area contributed by atoms with Gasteiger partial charge in [-0.05, 0) is 68.3 Å². The quantitative estimate of drug-likeness (QED) is 0.0486. The number of ether oxygens (including phenoxy) is 2. The van der Waals surface area contributed by atoms with Crippen molar-refractivity contribution >= 4 is 52.3 Å². The summed E-state index contributed by atoms with van der Waals surface area (Å²) in [7, 11) is 1.63. The molecule has 0 aliphatic carbocycles. The first-order chi connectivity index (χ1) is 39.6. The third kappa shape index (κ3) is 17.0. The minimum absolute atomic E-state index is 0.000539. The van der Waals surface area contributed by atoms with E-state index in [0.717, 1.165) is 36.0 Å². The standard InChI is InChI=1S/C57H86N10O16/c1-5-6-7-8-9-10-11-12-20-82-37-14-15-39-34(24-37)25-40(65(39)4)52(76)61-38-26-35(69)28-60-55(79)49-50(74)31(2)29-67(49)57(81)48(43(72)17-18-58)64-54(78)47(44(73)22-33-13-16-42(71)45(23-33)83-21-19-59)63-53(77)41-27-36(70)30-66(41)56(80)46(32(3)68)62-51(38)75/h13-16,23-25,31-32,35-36,38,41,43-44,46-50,68-74H,5-12,17-22,26-30,58-59H2,1-4H3,(H,60,79)(H,61,76)(H,62,75)(H,63,77)(H,64,78)/t31-,32+,35+,36+,38-,41-,43+,44+,46-,47-,48-,49-,50-/m0/s1. The highest BCUT2D eigenvalue weighted by atomic mass is 16.5. The number of aromatic hydroxyl groups is 1. The zero-order valence-corrected chi connectivity index (χ0v) is 47.8. The maximum atomic E-state index is 14.7. The Morgan fingerprint density at radius 3 is 2.10 bits per heavy atom. The highest BCUT2D eigenvalue weighted by Gasteiger charge is 2.50. The predicted molar refractivity (Wildman–Crippen MR) is 302 cm³/mol. The van der Waals surface area contributed by atoms with Gasteiger partial charge in [-0.3, -0.25) is 33.6 Å². The lowest BCUT2D eigenvalue weighted by Crippen LogP contribution is -2.64. The molecule has 0 unspecified atom stereocenters. The number of nitrogens with two attached hydrogens (primary N) is 2. The number of hydrogen-bond donors (Lipinski definition) is 14. The number of nitrogens with zero attached hydrogens (tertiary/aromatic N) is 3. The normalized spacial score (nSPS) is 26.2. The minimum Gasteiger partial charge on any atom is -0.504 e. The molecule has 0 saturated carbocycles. The van der Waals surface area contributed by atoms with Gasteiger partial charge in [-0.2, -0.15) is 0 Å². The van der Waals surface area contributed by atoms with E-state index in [1.807, 2.05) is 0 Å². The molecule has 6 rings (SSSR count). The molecule has 0 radical (unpaired) electrons. The van der Waals surface area contributed by atoms with E-state index >= 15 is 0 Å². The van der Waals surface area contributed by atoms with Crippen LogP contribution in [0.1, 0.15) is 107 Å². The summed E-state index contributed by atoms with van der Waals surface area (Å²) in [5, 5.41) is 92.0. The molecule has 26 heteroatoms. The fourth-order valence-electron chi connectivity index (χ4n) is 10.9. The minimum atomic E-state index is -2.03. The molecule has 1 aromatic heterocycles. The van der Waals surface area contributed by atoms with Gasteiger partial charge in [0, 0.05) is 69.3 Å². The number of carbonyl (C=O) groups is 7. The smallest absolute Gasteiger partial charge is 0.268 e. The molecule has 0 spiro atoms. The van der Waals surface area contributed by atoms with E-state index in [1.165, 1.54) is 50.3 Å². The Balaban J connectivity index is 1.33. The lowest BCUT2D eigenvalue weighted by molar-refractivity contribution is -0.147. The van der Waals surface area contributed by atoms with Crippen molar-refractivity contribution in [2.45, 2.75) is 171 Å². The molecule has 4 heterocycles. The topological polar surface area (TPSA) is 403 Å². The molecule has 3 fully saturated rings. The Morgan fingerprint density at radius 2 is 1.41 bits per heavy atom. The van der Waals surface area contributed by atoms with Crippen LogP contribution in [0.5, 0.6) is 17.2 Å². The fraction of sp³-hybridized carbons (Fsp3) is 0.632. The molecule has 460 valence electrons. The molecule has 7 amide bonds. The monoisotopic (exact) mass is 1170 g/mol. The van der Waals surface area contributed by atoms with Gasteiger partial charge < -0.3 is 97.6 Å². The van der Waals surface area contributed by atoms with E-state index in [-0.39, 0.29) is 55.4 Å². The highest BCUT2D eigenvalue weighted by molar-refractivity contribution is 6.02. The first kappa shape index (κ1) is 65.5. The van der Waals surface area contributed by atoms with Crippen LogP contribution in [0.3, 0.4) is 0 Å². The summed E-state index contributed by atoms with van der Waals surface area (Å²) in [6.07, 6.45) is -2.65. The second-order valence-electron chi connectivity index (χ2n) is 22.1. The van der Waals surface area contributed by atoms with Crippen LogP contribution in [0, 0.1) is 5.92 Å². The van der Waals surface area contributed by atoms with Crippen LogP contribution in [0.4, 0.5) is 0 Å². The van der Waals surface area contributed by atoms with Gasteiger partial charge in [-0.25, -0.2) is 0 Å². The van der Waals surface area contributed by atoms with Crippen LogP contribution >= 0.6 is 0 Å². The number of fused-ring (bicyclic) bond motifs is 3. The molecular weight excluding hydrogens is 1080 g/mol. The number of amides is 7.